The molecule has 0 saturated carbocycles. The number of benzene rings is 1. The Morgan fingerprint density at radius 3 is 2.59 bits per heavy atom. The van der Waals surface area contributed by atoms with Crippen LogP contribution < -0.4 is 5.32 Å². The summed E-state index contributed by atoms with van der Waals surface area (Å²) in [7, 11) is 0. The molecule has 0 aliphatic rings. The van der Waals surface area contributed by atoms with Crippen molar-refractivity contribution in [2.75, 3.05) is 5.32 Å². The number of hydrogen-bond acceptors (Lipinski definition) is 5. The molecule has 1 unspecified atom stereocenters. The maximum absolute atomic E-state index is 13.9. The number of nitro groups is 1. The largest absolute Gasteiger partial charge is 0.374 e. The smallest absolute Gasteiger partial charge is 0.272 e. The molecule has 2 rings (SSSR count). The summed E-state index contributed by atoms with van der Waals surface area (Å²) in [5.74, 6) is -0.645. The van der Waals surface area contributed by atoms with Crippen molar-refractivity contribution in [1.82, 2.24) is 4.98 Å². The predicted molar refractivity (Wildman–Crippen MR) is 85.9 cm³/mol. The summed E-state index contributed by atoms with van der Waals surface area (Å²) in [6.07, 6.45) is 0. The summed E-state index contributed by atoms with van der Waals surface area (Å²) < 4.78 is 13.9. The van der Waals surface area contributed by atoms with E-state index >= 15 is 0 Å². The second-order valence-electron chi connectivity index (χ2n) is 6.11. The van der Waals surface area contributed by atoms with Gasteiger partial charge in [-0.25, -0.2) is 9.37 Å². The first-order chi connectivity index (χ1) is 10.2. The Morgan fingerprint density at radius 1 is 1.41 bits per heavy atom. The molecule has 1 aromatic carbocycles. The van der Waals surface area contributed by atoms with Gasteiger partial charge in [-0.15, -0.1) is 11.3 Å². The van der Waals surface area contributed by atoms with Crippen LogP contribution in [0.25, 0.3) is 0 Å². The molecule has 0 radical (unpaired) electrons. The van der Waals surface area contributed by atoms with Gasteiger partial charge < -0.3 is 5.32 Å². The Bertz CT molecular complexity index is 694. The van der Waals surface area contributed by atoms with Crippen molar-refractivity contribution in [2.24, 2.45) is 0 Å². The lowest BCUT2D eigenvalue weighted by Crippen LogP contribution is -2.13. The highest BCUT2D eigenvalue weighted by Crippen LogP contribution is 2.29. The van der Waals surface area contributed by atoms with Gasteiger partial charge in [-0.1, -0.05) is 20.8 Å². The van der Waals surface area contributed by atoms with Gasteiger partial charge in [0.05, 0.1) is 28.4 Å². The zero-order valence-corrected chi connectivity index (χ0v) is 13.7. The summed E-state index contributed by atoms with van der Waals surface area (Å²) in [5.41, 5.74) is 0.920. The van der Waals surface area contributed by atoms with Crippen LogP contribution in [0.1, 0.15) is 44.4 Å². The molecule has 0 fully saturated rings. The summed E-state index contributed by atoms with van der Waals surface area (Å²) in [5, 5.41) is 16.5. The minimum absolute atomic E-state index is 0.0346. The van der Waals surface area contributed by atoms with Crippen LogP contribution in [0.4, 0.5) is 15.8 Å². The molecule has 2 aromatic rings. The third-order valence-electron chi connectivity index (χ3n) is 3.20. The van der Waals surface area contributed by atoms with Gasteiger partial charge in [0.15, 0.2) is 5.82 Å². The van der Waals surface area contributed by atoms with Crippen molar-refractivity contribution in [3.05, 3.63) is 50.2 Å². The first-order valence-corrected chi connectivity index (χ1v) is 7.73. The van der Waals surface area contributed by atoms with E-state index in [1.54, 1.807) is 0 Å². The molecule has 0 aliphatic heterocycles. The van der Waals surface area contributed by atoms with Crippen LogP contribution in [0.3, 0.4) is 0 Å². The first kappa shape index (κ1) is 16.4. The normalized spacial score (nSPS) is 13.0. The van der Waals surface area contributed by atoms with E-state index < -0.39 is 10.7 Å². The Kier molecular flexibility index (Phi) is 4.46. The van der Waals surface area contributed by atoms with E-state index in [0.717, 1.165) is 16.8 Å². The van der Waals surface area contributed by atoms with Crippen molar-refractivity contribution in [1.29, 1.82) is 0 Å². The van der Waals surface area contributed by atoms with Gasteiger partial charge in [0.25, 0.3) is 5.69 Å². The fourth-order valence-electron chi connectivity index (χ4n) is 1.86. The van der Waals surface area contributed by atoms with Crippen LogP contribution in [0, 0.1) is 15.9 Å². The van der Waals surface area contributed by atoms with Crippen LogP contribution in [0.15, 0.2) is 23.6 Å². The van der Waals surface area contributed by atoms with Gasteiger partial charge in [0.2, 0.25) is 0 Å². The third-order valence-corrected chi connectivity index (χ3v) is 4.22. The van der Waals surface area contributed by atoms with Crippen molar-refractivity contribution in [3.8, 4) is 0 Å². The van der Waals surface area contributed by atoms with Crippen molar-refractivity contribution >= 4 is 22.7 Å². The number of thiazole rings is 1. The molecule has 5 nitrogen and oxygen atoms in total. The molecule has 0 spiro atoms. The van der Waals surface area contributed by atoms with Crippen molar-refractivity contribution in [3.63, 3.8) is 0 Å². The van der Waals surface area contributed by atoms with Crippen molar-refractivity contribution in [2.45, 2.75) is 39.2 Å². The zero-order chi connectivity index (χ0) is 16.5. The second-order valence-corrected chi connectivity index (χ2v) is 7.00. The Balaban J connectivity index is 2.17. The average molecular weight is 323 g/mol. The van der Waals surface area contributed by atoms with Gasteiger partial charge in [-0.2, -0.15) is 0 Å². The maximum atomic E-state index is 13.9. The first-order valence-electron chi connectivity index (χ1n) is 6.85. The molecule has 0 bridgehead atoms. The maximum Gasteiger partial charge on any atom is 0.272 e. The second kappa shape index (κ2) is 6.00. The minimum atomic E-state index is -0.645. The standard InChI is InChI=1S/C15H18FN3O2S/c1-9(14-18-13(8-22-14)15(2,3)4)17-12-6-5-10(19(20)21)7-11(12)16/h5-9,17H,1-4H3. The van der Waals surface area contributed by atoms with Gasteiger partial charge >= 0.3 is 0 Å². The van der Waals surface area contributed by atoms with Gasteiger partial charge in [0, 0.05) is 16.9 Å². The minimum Gasteiger partial charge on any atom is -0.374 e. The Morgan fingerprint density at radius 2 is 2.09 bits per heavy atom. The number of rotatable bonds is 4. The number of hydrogen-bond donors (Lipinski definition) is 1. The lowest BCUT2D eigenvalue weighted by molar-refractivity contribution is -0.385. The van der Waals surface area contributed by atoms with Gasteiger partial charge in [0.1, 0.15) is 5.01 Å². The quantitative estimate of drug-likeness (QED) is 0.656. The molecule has 1 heterocycles. The molecule has 0 aliphatic carbocycles. The number of aromatic nitrogens is 1. The monoisotopic (exact) mass is 323 g/mol. The highest BCUT2D eigenvalue weighted by molar-refractivity contribution is 7.09. The van der Waals surface area contributed by atoms with Gasteiger partial charge in [-0.3, -0.25) is 10.1 Å². The summed E-state index contributed by atoms with van der Waals surface area (Å²) in [4.78, 5) is 14.6. The SMILES string of the molecule is CC(Nc1ccc([N+](=O)[O-])cc1F)c1nc(C(C)(C)C)cs1. The van der Waals surface area contributed by atoms with E-state index in [2.05, 4.69) is 31.1 Å². The summed E-state index contributed by atoms with van der Waals surface area (Å²) in [6, 6.07) is 3.39. The number of non-ortho nitro benzene ring substituents is 1. The average Bonchev–Trinajstić information content (AvgIpc) is 2.90. The van der Waals surface area contributed by atoms with Crippen LogP contribution in [-0.2, 0) is 5.41 Å². The van der Waals surface area contributed by atoms with E-state index in [1.165, 1.54) is 23.5 Å². The van der Waals surface area contributed by atoms with Crippen molar-refractivity contribution < 1.29 is 9.31 Å². The van der Waals surface area contributed by atoms with E-state index in [1.807, 2.05) is 12.3 Å². The lowest BCUT2D eigenvalue weighted by atomic mass is 9.93. The predicted octanol–water partition coefficient (Wildman–Crippen LogP) is 4.66. The molecule has 118 valence electrons. The number of nitro benzene ring substituents is 1. The van der Waals surface area contributed by atoms with E-state index in [4.69, 9.17) is 0 Å². The van der Waals surface area contributed by atoms with Crippen LogP contribution >= 0.6 is 11.3 Å². The fraction of sp³-hybridized carbons (Fsp3) is 0.400. The Hall–Kier alpha value is -2.02. The number of nitrogens with one attached hydrogen (secondary N) is 1. The van der Waals surface area contributed by atoms with Crippen LogP contribution in [0.2, 0.25) is 0 Å². The van der Waals surface area contributed by atoms with Gasteiger partial charge in [-0.05, 0) is 13.0 Å². The fourth-order valence-corrected chi connectivity index (χ4v) is 2.91. The molecular formula is C15H18FN3O2S. The molecule has 0 saturated heterocycles. The lowest BCUT2D eigenvalue weighted by Gasteiger charge is -2.16. The highest BCUT2D eigenvalue weighted by Gasteiger charge is 2.20. The van der Waals surface area contributed by atoms with E-state index in [0.29, 0.717) is 0 Å². The van der Waals surface area contributed by atoms with Crippen LogP contribution in [0.5, 0.6) is 0 Å². The topological polar surface area (TPSA) is 68.1 Å². The highest BCUT2D eigenvalue weighted by atomic mass is 32.1. The molecule has 1 N–H and O–H groups in total. The number of anilines is 1. The summed E-state index contributed by atoms with van der Waals surface area (Å²) in [6.45, 7) is 8.13. The third kappa shape index (κ3) is 3.59. The molecule has 1 atom stereocenters. The molecule has 7 heteroatoms. The number of halogens is 1. The summed E-state index contributed by atoms with van der Waals surface area (Å²) >= 11 is 1.51. The Labute approximate surface area is 132 Å². The molecule has 22 heavy (non-hydrogen) atoms. The van der Waals surface area contributed by atoms with Crippen LogP contribution in [-0.4, -0.2) is 9.91 Å². The van der Waals surface area contributed by atoms with E-state index in [-0.39, 0.29) is 22.8 Å². The number of nitrogens with zero attached hydrogens (tertiary/aromatic N) is 2. The zero-order valence-electron chi connectivity index (χ0n) is 12.9. The molecule has 1 aromatic heterocycles. The molecule has 0 amide bonds. The van der Waals surface area contributed by atoms with E-state index in [9.17, 15) is 14.5 Å². The molecular weight excluding hydrogens is 305 g/mol.